The Balaban J connectivity index is 1.70. The second kappa shape index (κ2) is 5.67. The summed E-state index contributed by atoms with van der Waals surface area (Å²) in [5, 5.41) is 0. The van der Waals surface area contributed by atoms with Crippen LogP contribution in [0.4, 0.5) is 0 Å². The minimum Gasteiger partial charge on any atom is -0.461 e. The molecule has 2 bridgehead atoms. The van der Waals surface area contributed by atoms with Crippen LogP contribution in [-0.2, 0) is 9.53 Å². The van der Waals surface area contributed by atoms with Crippen LogP contribution >= 0.6 is 0 Å². The molecular formula is C13H23NO2. The first-order chi connectivity index (χ1) is 7.79. The van der Waals surface area contributed by atoms with Crippen LogP contribution < -0.4 is 0 Å². The molecule has 0 radical (unpaired) electrons. The number of rotatable bonds is 5. The number of carbonyl (C=O) groups excluding carboxylic acids is 1. The van der Waals surface area contributed by atoms with Crippen LogP contribution in [-0.4, -0.2) is 36.6 Å². The van der Waals surface area contributed by atoms with E-state index < -0.39 is 0 Å². The Morgan fingerprint density at radius 1 is 1.31 bits per heavy atom. The van der Waals surface area contributed by atoms with Gasteiger partial charge in [-0.3, -0.25) is 9.69 Å². The SMILES string of the molecule is CCCCCC(=O)OC1CN2CCC1CC2. The van der Waals surface area contributed by atoms with E-state index in [1.165, 1.54) is 25.9 Å². The van der Waals surface area contributed by atoms with Crippen LogP contribution in [0.2, 0.25) is 0 Å². The molecule has 0 saturated carbocycles. The first-order valence-corrected chi connectivity index (χ1v) is 6.71. The smallest absolute Gasteiger partial charge is 0.306 e. The molecule has 3 heterocycles. The fraction of sp³-hybridized carbons (Fsp3) is 0.923. The van der Waals surface area contributed by atoms with Gasteiger partial charge >= 0.3 is 5.97 Å². The highest BCUT2D eigenvalue weighted by atomic mass is 16.5. The quantitative estimate of drug-likeness (QED) is 0.530. The van der Waals surface area contributed by atoms with E-state index in [0.717, 1.165) is 25.8 Å². The second-order valence-electron chi connectivity index (χ2n) is 5.12. The number of hydrogen-bond donors (Lipinski definition) is 0. The van der Waals surface area contributed by atoms with Crippen LogP contribution in [0, 0.1) is 5.92 Å². The highest BCUT2D eigenvalue weighted by molar-refractivity contribution is 5.69. The summed E-state index contributed by atoms with van der Waals surface area (Å²) in [4.78, 5) is 14.0. The number of nitrogens with zero attached hydrogens (tertiary/aromatic N) is 1. The summed E-state index contributed by atoms with van der Waals surface area (Å²) in [5.74, 6) is 0.660. The van der Waals surface area contributed by atoms with E-state index in [9.17, 15) is 4.79 Å². The molecule has 16 heavy (non-hydrogen) atoms. The molecule has 1 atom stereocenters. The normalized spacial score (nSPS) is 32.7. The average molecular weight is 225 g/mol. The Morgan fingerprint density at radius 2 is 2.06 bits per heavy atom. The molecule has 0 N–H and O–H groups in total. The molecule has 0 amide bonds. The Morgan fingerprint density at radius 3 is 2.62 bits per heavy atom. The molecule has 1 unspecified atom stereocenters. The summed E-state index contributed by atoms with van der Waals surface area (Å²) >= 11 is 0. The van der Waals surface area contributed by atoms with Crippen molar-refractivity contribution in [2.24, 2.45) is 5.92 Å². The molecule has 3 aliphatic rings. The van der Waals surface area contributed by atoms with Gasteiger partial charge in [0.05, 0.1) is 0 Å². The zero-order valence-corrected chi connectivity index (χ0v) is 10.3. The third-order valence-corrected chi connectivity index (χ3v) is 3.86. The minimum absolute atomic E-state index is 0.0206. The van der Waals surface area contributed by atoms with Gasteiger partial charge in [0.2, 0.25) is 0 Å². The van der Waals surface area contributed by atoms with Gasteiger partial charge in [-0.2, -0.15) is 0 Å². The Bertz CT molecular complexity index is 234. The zero-order chi connectivity index (χ0) is 11.4. The molecule has 92 valence electrons. The zero-order valence-electron chi connectivity index (χ0n) is 10.3. The predicted molar refractivity (Wildman–Crippen MR) is 63.2 cm³/mol. The van der Waals surface area contributed by atoms with Crippen molar-refractivity contribution in [3.05, 3.63) is 0 Å². The summed E-state index contributed by atoms with van der Waals surface area (Å²) < 4.78 is 5.59. The number of ether oxygens (including phenoxy) is 1. The van der Waals surface area contributed by atoms with E-state index in [-0.39, 0.29) is 12.1 Å². The topological polar surface area (TPSA) is 29.5 Å². The van der Waals surface area contributed by atoms with Gasteiger partial charge in [-0.15, -0.1) is 0 Å². The lowest BCUT2D eigenvalue weighted by Crippen LogP contribution is -2.51. The molecule has 0 aromatic rings. The van der Waals surface area contributed by atoms with Crippen molar-refractivity contribution in [1.82, 2.24) is 4.90 Å². The molecule has 3 nitrogen and oxygen atoms in total. The van der Waals surface area contributed by atoms with E-state index in [1.54, 1.807) is 0 Å². The molecular weight excluding hydrogens is 202 g/mol. The van der Waals surface area contributed by atoms with Gasteiger partial charge in [0.15, 0.2) is 0 Å². The van der Waals surface area contributed by atoms with Crippen molar-refractivity contribution < 1.29 is 9.53 Å². The van der Waals surface area contributed by atoms with Crippen molar-refractivity contribution in [2.45, 2.75) is 51.6 Å². The molecule has 0 aliphatic carbocycles. The summed E-state index contributed by atoms with van der Waals surface area (Å²) in [7, 11) is 0. The molecule has 0 spiro atoms. The Hall–Kier alpha value is -0.570. The molecule has 3 aliphatic heterocycles. The third kappa shape index (κ3) is 2.97. The van der Waals surface area contributed by atoms with E-state index in [2.05, 4.69) is 11.8 Å². The van der Waals surface area contributed by atoms with Crippen molar-refractivity contribution in [3.63, 3.8) is 0 Å². The summed E-state index contributed by atoms with van der Waals surface area (Å²) in [6.45, 7) is 5.53. The highest BCUT2D eigenvalue weighted by Crippen LogP contribution is 2.29. The van der Waals surface area contributed by atoms with E-state index in [4.69, 9.17) is 4.74 Å². The fourth-order valence-corrected chi connectivity index (χ4v) is 2.79. The molecule has 0 aromatic heterocycles. The number of fused-ring (bicyclic) bond motifs is 3. The molecule has 3 fully saturated rings. The average Bonchev–Trinajstić information content (AvgIpc) is 2.31. The maximum atomic E-state index is 11.6. The molecule has 3 rings (SSSR count). The predicted octanol–water partition coefficient (Wildman–Crippen LogP) is 2.20. The highest BCUT2D eigenvalue weighted by Gasteiger charge is 2.36. The summed E-state index contributed by atoms with van der Waals surface area (Å²) in [6.07, 6.45) is 6.51. The molecule has 3 heteroatoms. The number of hydrogen-bond acceptors (Lipinski definition) is 3. The fourth-order valence-electron chi connectivity index (χ4n) is 2.79. The third-order valence-electron chi connectivity index (χ3n) is 3.86. The van der Waals surface area contributed by atoms with E-state index in [1.807, 2.05) is 0 Å². The largest absolute Gasteiger partial charge is 0.461 e. The Kier molecular flexibility index (Phi) is 4.22. The van der Waals surface area contributed by atoms with Gasteiger partial charge in [-0.1, -0.05) is 19.8 Å². The number of esters is 1. The van der Waals surface area contributed by atoms with Crippen LogP contribution in [0.15, 0.2) is 0 Å². The lowest BCUT2D eigenvalue weighted by atomic mass is 9.86. The van der Waals surface area contributed by atoms with Crippen LogP contribution in [0.3, 0.4) is 0 Å². The first-order valence-electron chi connectivity index (χ1n) is 6.71. The van der Waals surface area contributed by atoms with E-state index in [0.29, 0.717) is 12.3 Å². The van der Waals surface area contributed by atoms with Crippen molar-refractivity contribution in [2.75, 3.05) is 19.6 Å². The number of piperidine rings is 3. The van der Waals surface area contributed by atoms with Crippen LogP contribution in [0.5, 0.6) is 0 Å². The number of carbonyl (C=O) groups is 1. The van der Waals surface area contributed by atoms with E-state index >= 15 is 0 Å². The monoisotopic (exact) mass is 225 g/mol. The second-order valence-corrected chi connectivity index (χ2v) is 5.12. The van der Waals surface area contributed by atoms with Gasteiger partial charge in [-0.05, 0) is 38.3 Å². The number of unbranched alkanes of at least 4 members (excludes halogenated alkanes) is 2. The van der Waals surface area contributed by atoms with Crippen molar-refractivity contribution in [1.29, 1.82) is 0 Å². The van der Waals surface area contributed by atoms with Crippen LogP contribution in [0.25, 0.3) is 0 Å². The van der Waals surface area contributed by atoms with Gasteiger partial charge in [0.25, 0.3) is 0 Å². The standard InChI is InChI=1S/C13H23NO2/c1-2-3-4-5-13(15)16-12-10-14-8-6-11(12)7-9-14/h11-12H,2-10H2,1H3. The van der Waals surface area contributed by atoms with Crippen molar-refractivity contribution in [3.8, 4) is 0 Å². The van der Waals surface area contributed by atoms with Gasteiger partial charge in [0.1, 0.15) is 6.10 Å². The maximum absolute atomic E-state index is 11.6. The molecule has 3 saturated heterocycles. The van der Waals surface area contributed by atoms with Gasteiger partial charge in [-0.25, -0.2) is 0 Å². The lowest BCUT2D eigenvalue weighted by Gasteiger charge is -2.43. The summed E-state index contributed by atoms with van der Waals surface area (Å²) in [6, 6.07) is 0. The Labute approximate surface area is 98.1 Å². The maximum Gasteiger partial charge on any atom is 0.306 e. The first kappa shape index (κ1) is 11.9. The van der Waals surface area contributed by atoms with Gasteiger partial charge in [0, 0.05) is 13.0 Å². The van der Waals surface area contributed by atoms with Crippen molar-refractivity contribution >= 4 is 5.97 Å². The summed E-state index contributed by atoms with van der Waals surface area (Å²) in [5.41, 5.74) is 0. The lowest BCUT2D eigenvalue weighted by molar-refractivity contribution is -0.158. The minimum atomic E-state index is 0.0206. The van der Waals surface area contributed by atoms with Gasteiger partial charge < -0.3 is 4.74 Å². The molecule has 0 aromatic carbocycles. The van der Waals surface area contributed by atoms with Crippen LogP contribution in [0.1, 0.15) is 45.4 Å².